The number of aliphatic hydroxyl groups is 1. The van der Waals surface area contributed by atoms with Crippen molar-refractivity contribution in [2.45, 2.75) is 12.5 Å². The molecule has 0 bridgehead atoms. The summed E-state index contributed by atoms with van der Waals surface area (Å²) in [7, 11) is 0. The van der Waals surface area contributed by atoms with Gasteiger partial charge < -0.3 is 15.2 Å². The minimum absolute atomic E-state index is 0.298. The van der Waals surface area contributed by atoms with Gasteiger partial charge in [0.2, 0.25) is 0 Å². The highest BCUT2D eigenvalue weighted by atomic mass is 79.9. The molecule has 1 aliphatic rings. The van der Waals surface area contributed by atoms with E-state index in [1.54, 1.807) is 36.5 Å². The number of nitrogens with one attached hydrogen (secondary N) is 1. The molecule has 1 amide bonds. The molecule has 2 N–H and O–H groups in total. The van der Waals surface area contributed by atoms with Gasteiger partial charge in [0.15, 0.2) is 0 Å². The minimum Gasteiger partial charge on any atom is -0.491 e. The number of benzene rings is 1. The highest BCUT2D eigenvalue weighted by Gasteiger charge is 2.23. The van der Waals surface area contributed by atoms with E-state index in [-0.39, 0.29) is 5.91 Å². The number of nitrogens with zero attached hydrogens (tertiary/aromatic N) is 1. The molecule has 0 spiro atoms. The smallest absolute Gasteiger partial charge is 0.275 e. The molecular weight excluding hydrogens is 336 g/mol. The number of rotatable bonds is 2. The molecule has 2 heterocycles. The lowest BCUT2D eigenvalue weighted by molar-refractivity contribution is 0.101. The quantitative estimate of drug-likeness (QED) is 0.875. The van der Waals surface area contributed by atoms with Crippen LogP contribution in [0.1, 0.15) is 28.6 Å². The molecule has 1 atom stereocenters. The number of fused-ring (bicyclic) bond motifs is 1. The van der Waals surface area contributed by atoms with Gasteiger partial charge in [-0.1, -0.05) is 12.1 Å². The zero-order valence-corrected chi connectivity index (χ0v) is 12.6. The summed E-state index contributed by atoms with van der Waals surface area (Å²) in [6, 6.07) is 8.81. The highest BCUT2D eigenvalue weighted by molar-refractivity contribution is 9.10. The maximum Gasteiger partial charge on any atom is 0.275 e. The number of amides is 1. The van der Waals surface area contributed by atoms with Crippen LogP contribution in [-0.2, 0) is 0 Å². The van der Waals surface area contributed by atoms with Gasteiger partial charge in [-0.2, -0.15) is 0 Å². The number of carbonyl (C=O) groups excluding carboxylic acids is 1. The normalized spacial score (nSPS) is 16.8. The Bertz CT molecular complexity index is 690. The van der Waals surface area contributed by atoms with Crippen molar-refractivity contribution >= 4 is 27.5 Å². The van der Waals surface area contributed by atoms with Gasteiger partial charge in [0.25, 0.3) is 5.91 Å². The van der Waals surface area contributed by atoms with Crippen molar-refractivity contribution in [3.05, 3.63) is 52.3 Å². The number of aliphatic hydroxyl groups excluding tert-OH is 1. The number of ether oxygens (including phenoxy) is 1. The van der Waals surface area contributed by atoms with Crippen LogP contribution in [0.2, 0.25) is 0 Å². The maximum atomic E-state index is 12.3. The second-order valence-corrected chi connectivity index (χ2v) is 5.52. The van der Waals surface area contributed by atoms with Crippen LogP contribution < -0.4 is 10.1 Å². The van der Waals surface area contributed by atoms with Crippen LogP contribution >= 0.6 is 15.9 Å². The first kappa shape index (κ1) is 14.0. The summed E-state index contributed by atoms with van der Waals surface area (Å²) in [6.45, 7) is 0.425. The Kier molecular flexibility index (Phi) is 3.90. The van der Waals surface area contributed by atoms with E-state index < -0.39 is 6.10 Å². The molecule has 1 unspecified atom stereocenters. The van der Waals surface area contributed by atoms with Crippen molar-refractivity contribution < 1.29 is 14.6 Å². The number of pyridine rings is 1. The maximum absolute atomic E-state index is 12.3. The van der Waals surface area contributed by atoms with E-state index in [4.69, 9.17) is 4.74 Å². The third-order valence-electron chi connectivity index (χ3n) is 3.26. The van der Waals surface area contributed by atoms with Crippen molar-refractivity contribution in [2.24, 2.45) is 0 Å². The third-order valence-corrected chi connectivity index (χ3v) is 3.90. The average Bonchev–Trinajstić information content (AvgIpc) is 2.49. The number of hydrogen-bond acceptors (Lipinski definition) is 4. The predicted octanol–water partition coefficient (Wildman–Crippen LogP) is 2.91. The van der Waals surface area contributed by atoms with Crippen molar-refractivity contribution in [2.75, 3.05) is 11.9 Å². The topological polar surface area (TPSA) is 71.5 Å². The molecule has 0 fully saturated rings. The predicted molar refractivity (Wildman–Crippen MR) is 81.4 cm³/mol. The molecule has 0 saturated heterocycles. The monoisotopic (exact) mass is 348 g/mol. The van der Waals surface area contributed by atoms with Gasteiger partial charge in [-0.3, -0.25) is 4.79 Å². The number of para-hydroxylation sites is 1. The SMILES string of the molecule is O=C(Nc1cccc2c1OCCC2O)c1ncccc1Br. The summed E-state index contributed by atoms with van der Waals surface area (Å²) in [5.74, 6) is 0.191. The molecule has 1 aromatic heterocycles. The molecule has 6 heteroatoms. The summed E-state index contributed by atoms with van der Waals surface area (Å²) < 4.78 is 6.20. The summed E-state index contributed by atoms with van der Waals surface area (Å²) in [6.07, 6.45) is 1.54. The Morgan fingerprint density at radius 3 is 3.05 bits per heavy atom. The van der Waals surface area contributed by atoms with Gasteiger partial charge in [-0.25, -0.2) is 4.98 Å². The van der Waals surface area contributed by atoms with Crippen LogP contribution in [0.4, 0.5) is 5.69 Å². The lowest BCUT2D eigenvalue weighted by Crippen LogP contribution is -2.19. The Hall–Kier alpha value is -1.92. The summed E-state index contributed by atoms with van der Waals surface area (Å²) in [4.78, 5) is 16.3. The highest BCUT2D eigenvalue weighted by Crippen LogP contribution is 2.38. The fraction of sp³-hybridized carbons (Fsp3) is 0.200. The number of hydrogen-bond donors (Lipinski definition) is 2. The van der Waals surface area contributed by atoms with Crippen LogP contribution in [-0.4, -0.2) is 22.6 Å². The number of aromatic nitrogens is 1. The van der Waals surface area contributed by atoms with Gasteiger partial charge in [0, 0.05) is 22.7 Å². The lowest BCUT2D eigenvalue weighted by atomic mass is 10.0. The average molecular weight is 349 g/mol. The summed E-state index contributed by atoms with van der Waals surface area (Å²) >= 11 is 3.30. The number of halogens is 1. The van der Waals surface area contributed by atoms with Crippen molar-refractivity contribution in [3.63, 3.8) is 0 Å². The van der Waals surface area contributed by atoms with Crippen molar-refractivity contribution in [1.82, 2.24) is 4.98 Å². The first-order chi connectivity index (χ1) is 10.2. The van der Waals surface area contributed by atoms with Crippen LogP contribution in [0.25, 0.3) is 0 Å². The van der Waals surface area contributed by atoms with E-state index in [1.807, 2.05) is 0 Å². The van der Waals surface area contributed by atoms with Gasteiger partial charge in [-0.15, -0.1) is 0 Å². The fourth-order valence-corrected chi connectivity index (χ4v) is 2.67. The van der Waals surface area contributed by atoms with Gasteiger partial charge in [-0.05, 0) is 34.1 Å². The van der Waals surface area contributed by atoms with Gasteiger partial charge >= 0.3 is 0 Å². The first-order valence-corrected chi connectivity index (χ1v) is 7.32. The van der Waals surface area contributed by atoms with E-state index in [2.05, 4.69) is 26.2 Å². The largest absolute Gasteiger partial charge is 0.491 e. The Balaban J connectivity index is 1.91. The van der Waals surface area contributed by atoms with Gasteiger partial charge in [0.05, 0.1) is 18.4 Å². The molecule has 1 aromatic carbocycles. The van der Waals surface area contributed by atoms with Crippen molar-refractivity contribution in [3.8, 4) is 5.75 Å². The standard InChI is InChI=1S/C15H13BrN2O3/c16-10-4-2-7-17-13(10)15(20)18-11-5-1-3-9-12(19)6-8-21-14(9)11/h1-5,7,12,19H,6,8H2,(H,18,20). The lowest BCUT2D eigenvalue weighted by Gasteiger charge is -2.24. The Morgan fingerprint density at radius 2 is 2.24 bits per heavy atom. The summed E-state index contributed by atoms with van der Waals surface area (Å²) in [5.41, 5.74) is 1.53. The molecule has 0 saturated carbocycles. The van der Waals surface area contributed by atoms with Crippen LogP contribution in [0.5, 0.6) is 5.75 Å². The Morgan fingerprint density at radius 1 is 1.38 bits per heavy atom. The van der Waals surface area contributed by atoms with Gasteiger partial charge in [0.1, 0.15) is 11.4 Å². The van der Waals surface area contributed by atoms with E-state index in [9.17, 15) is 9.90 Å². The molecule has 108 valence electrons. The molecule has 21 heavy (non-hydrogen) atoms. The minimum atomic E-state index is -0.563. The molecule has 3 rings (SSSR count). The van der Waals surface area contributed by atoms with Crippen molar-refractivity contribution in [1.29, 1.82) is 0 Å². The second-order valence-electron chi connectivity index (χ2n) is 4.66. The molecule has 1 aliphatic heterocycles. The first-order valence-electron chi connectivity index (χ1n) is 6.52. The van der Waals surface area contributed by atoms with E-state index in [0.717, 1.165) is 0 Å². The molecule has 0 aliphatic carbocycles. The Labute approximate surface area is 130 Å². The molecule has 2 aromatic rings. The van der Waals surface area contributed by atoms with E-state index in [0.29, 0.717) is 40.2 Å². The molecule has 5 nitrogen and oxygen atoms in total. The summed E-state index contributed by atoms with van der Waals surface area (Å²) in [5, 5.41) is 12.7. The van der Waals surface area contributed by atoms with Crippen LogP contribution in [0, 0.1) is 0 Å². The zero-order valence-electron chi connectivity index (χ0n) is 11.0. The van der Waals surface area contributed by atoms with Crippen LogP contribution in [0.3, 0.4) is 0 Å². The fourth-order valence-electron chi connectivity index (χ4n) is 2.24. The third kappa shape index (κ3) is 2.77. The molecule has 0 radical (unpaired) electrons. The zero-order chi connectivity index (χ0) is 14.8. The second kappa shape index (κ2) is 5.83. The number of anilines is 1. The van der Waals surface area contributed by atoms with E-state index in [1.165, 1.54) is 0 Å². The molecular formula is C15H13BrN2O3. The van der Waals surface area contributed by atoms with Crippen LogP contribution in [0.15, 0.2) is 41.0 Å². The van der Waals surface area contributed by atoms with E-state index >= 15 is 0 Å². The number of carbonyl (C=O) groups is 1.